The van der Waals surface area contributed by atoms with Gasteiger partial charge in [-0.3, -0.25) is 4.79 Å². The van der Waals surface area contributed by atoms with Crippen molar-refractivity contribution in [1.82, 2.24) is 9.97 Å². The van der Waals surface area contributed by atoms with Crippen LogP contribution in [0.1, 0.15) is 0 Å². The van der Waals surface area contributed by atoms with Gasteiger partial charge in [0.05, 0.1) is 11.8 Å². The second-order valence-corrected chi connectivity index (χ2v) is 5.11. The van der Waals surface area contributed by atoms with Crippen LogP contribution in [0.3, 0.4) is 0 Å². The zero-order valence-electron chi connectivity index (χ0n) is 7.67. The van der Waals surface area contributed by atoms with E-state index in [-0.39, 0.29) is 23.2 Å². The Hall–Kier alpha value is -1.63. The summed E-state index contributed by atoms with van der Waals surface area (Å²) in [5.41, 5.74) is -0.366. The van der Waals surface area contributed by atoms with Gasteiger partial charge in [0.25, 0.3) is 5.56 Å². The van der Waals surface area contributed by atoms with Gasteiger partial charge in [-0.15, -0.1) is 0 Å². The van der Waals surface area contributed by atoms with Crippen molar-refractivity contribution in [2.24, 2.45) is 0 Å². The Bertz CT molecular complexity index is 546. The lowest BCUT2D eigenvalue weighted by molar-refractivity contribution is 0.605. The number of H-pyrrole nitrogens is 1. The zero-order chi connectivity index (χ0) is 10.9. The van der Waals surface area contributed by atoms with Gasteiger partial charge in [0.1, 0.15) is 0 Å². The molecule has 0 spiro atoms. The van der Waals surface area contributed by atoms with E-state index in [9.17, 15) is 13.2 Å². The molecule has 15 heavy (non-hydrogen) atoms. The fraction of sp³-hybridized carbons (Fsp3) is 0.250. The molecule has 7 heteroatoms. The van der Waals surface area contributed by atoms with Crippen LogP contribution in [0.15, 0.2) is 28.7 Å². The van der Waals surface area contributed by atoms with Gasteiger partial charge >= 0.3 is 0 Å². The topological polar surface area (TPSA) is 91.9 Å². The molecule has 1 unspecified atom stereocenters. The third-order valence-electron chi connectivity index (χ3n) is 1.96. The van der Waals surface area contributed by atoms with Crippen LogP contribution >= 0.6 is 0 Å². The highest BCUT2D eigenvalue weighted by Crippen LogP contribution is 2.10. The molecule has 80 valence electrons. The van der Waals surface area contributed by atoms with Crippen molar-refractivity contribution in [2.75, 3.05) is 11.1 Å². The molecule has 0 bridgehead atoms. The number of rotatable bonds is 2. The van der Waals surface area contributed by atoms with Gasteiger partial charge in [0.15, 0.2) is 15.7 Å². The van der Waals surface area contributed by atoms with Crippen LogP contribution in [-0.4, -0.2) is 30.2 Å². The van der Waals surface area contributed by atoms with E-state index < -0.39 is 9.84 Å². The third kappa shape index (κ3) is 2.24. The number of anilines is 1. The third-order valence-corrected chi connectivity index (χ3v) is 3.36. The molecule has 0 saturated heterocycles. The molecule has 0 aliphatic carbocycles. The standard InChI is InChI=1S/C8H9N3O3S/c12-8-7(9-2-3-10-8)11-6-1-4-15(13,14)5-6/h1-4,6H,5H2,(H,9,11)(H,10,12). The summed E-state index contributed by atoms with van der Waals surface area (Å²) >= 11 is 0. The maximum Gasteiger partial charge on any atom is 0.290 e. The first-order valence-electron chi connectivity index (χ1n) is 4.28. The van der Waals surface area contributed by atoms with Crippen molar-refractivity contribution in [1.29, 1.82) is 0 Å². The van der Waals surface area contributed by atoms with Crippen molar-refractivity contribution in [3.8, 4) is 0 Å². The van der Waals surface area contributed by atoms with E-state index in [1.54, 1.807) is 0 Å². The lowest BCUT2D eigenvalue weighted by Crippen LogP contribution is -2.26. The largest absolute Gasteiger partial charge is 0.358 e. The van der Waals surface area contributed by atoms with E-state index in [1.807, 2.05) is 0 Å². The summed E-state index contributed by atoms with van der Waals surface area (Å²) < 4.78 is 22.2. The van der Waals surface area contributed by atoms with Crippen molar-refractivity contribution in [2.45, 2.75) is 6.04 Å². The molecule has 0 radical (unpaired) electrons. The molecule has 2 rings (SSSR count). The highest BCUT2D eigenvalue weighted by Gasteiger charge is 2.22. The van der Waals surface area contributed by atoms with Gasteiger partial charge in [-0.25, -0.2) is 13.4 Å². The highest BCUT2D eigenvalue weighted by atomic mass is 32.2. The summed E-state index contributed by atoms with van der Waals surface area (Å²) in [6, 6.07) is -0.383. The summed E-state index contributed by atoms with van der Waals surface area (Å²) in [6.07, 6.45) is 4.34. The van der Waals surface area contributed by atoms with Crippen LogP contribution in [-0.2, 0) is 9.84 Å². The highest BCUT2D eigenvalue weighted by molar-refractivity contribution is 7.94. The Labute approximate surface area is 86.0 Å². The second kappa shape index (κ2) is 3.50. The molecule has 1 aromatic rings. The van der Waals surface area contributed by atoms with Gasteiger partial charge in [0.2, 0.25) is 0 Å². The molecule has 0 saturated carbocycles. The number of nitrogens with zero attached hydrogens (tertiary/aromatic N) is 1. The average molecular weight is 227 g/mol. The summed E-state index contributed by atoms with van der Waals surface area (Å²) in [5.74, 6) is 0.0903. The molecule has 2 heterocycles. The first kappa shape index (κ1) is 9.91. The van der Waals surface area contributed by atoms with Crippen molar-refractivity contribution in [3.05, 3.63) is 34.2 Å². The van der Waals surface area contributed by atoms with E-state index in [4.69, 9.17) is 0 Å². The minimum Gasteiger partial charge on any atom is -0.358 e. The number of aromatic nitrogens is 2. The Kier molecular flexibility index (Phi) is 2.31. The fourth-order valence-electron chi connectivity index (χ4n) is 1.30. The predicted molar refractivity (Wildman–Crippen MR) is 55.2 cm³/mol. The van der Waals surface area contributed by atoms with Gasteiger partial charge in [0, 0.05) is 17.8 Å². The van der Waals surface area contributed by atoms with E-state index in [2.05, 4.69) is 15.3 Å². The molecule has 6 nitrogen and oxygen atoms in total. The van der Waals surface area contributed by atoms with E-state index in [0.29, 0.717) is 0 Å². The Morgan fingerprint density at radius 1 is 1.53 bits per heavy atom. The molecule has 1 aliphatic rings. The smallest absolute Gasteiger partial charge is 0.290 e. The SMILES string of the molecule is O=c1[nH]ccnc1NC1C=CS(=O)(=O)C1. The van der Waals surface area contributed by atoms with Crippen molar-refractivity contribution in [3.63, 3.8) is 0 Å². The van der Waals surface area contributed by atoms with Crippen molar-refractivity contribution >= 4 is 15.7 Å². The molecular weight excluding hydrogens is 218 g/mol. The number of hydrogen-bond acceptors (Lipinski definition) is 5. The molecule has 2 N–H and O–H groups in total. The second-order valence-electron chi connectivity index (χ2n) is 3.18. The summed E-state index contributed by atoms with van der Waals surface area (Å²) in [5, 5.41) is 3.88. The first-order chi connectivity index (χ1) is 7.07. The van der Waals surface area contributed by atoms with E-state index >= 15 is 0 Å². The molecule has 0 aromatic carbocycles. The van der Waals surface area contributed by atoms with Crippen LogP contribution < -0.4 is 10.9 Å². The van der Waals surface area contributed by atoms with E-state index in [0.717, 1.165) is 5.41 Å². The number of sulfone groups is 1. The van der Waals surface area contributed by atoms with Crippen LogP contribution in [0.2, 0.25) is 0 Å². The lowest BCUT2D eigenvalue weighted by atomic mass is 10.3. The maximum absolute atomic E-state index is 11.2. The fourth-order valence-corrected chi connectivity index (χ4v) is 2.53. The van der Waals surface area contributed by atoms with Gasteiger partial charge in [-0.2, -0.15) is 0 Å². The van der Waals surface area contributed by atoms with Crippen LogP contribution in [0.4, 0.5) is 5.82 Å². The summed E-state index contributed by atoms with van der Waals surface area (Å²) in [4.78, 5) is 17.5. The molecule has 1 atom stereocenters. The molecule has 0 fully saturated rings. The van der Waals surface area contributed by atoms with Crippen LogP contribution in [0, 0.1) is 0 Å². The quantitative estimate of drug-likeness (QED) is 0.710. The van der Waals surface area contributed by atoms with Gasteiger partial charge < -0.3 is 10.3 Å². The van der Waals surface area contributed by atoms with Crippen LogP contribution in [0.25, 0.3) is 0 Å². The summed E-state index contributed by atoms with van der Waals surface area (Å²) in [7, 11) is -3.11. The molecule has 1 aliphatic heterocycles. The number of nitrogens with one attached hydrogen (secondary N) is 2. The first-order valence-corrected chi connectivity index (χ1v) is 5.99. The number of aromatic amines is 1. The van der Waals surface area contributed by atoms with E-state index in [1.165, 1.54) is 18.5 Å². The Morgan fingerprint density at radius 2 is 2.33 bits per heavy atom. The molecule has 1 aromatic heterocycles. The summed E-state index contributed by atoms with van der Waals surface area (Å²) in [6.45, 7) is 0. The normalized spacial score (nSPS) is 22.8. The van der Waals surface area contributed by atoms with Gasteiger partial charge in [-0.05, 0) is 6.08 Å². The maximum atomic E-state index is 11.2. The molecular formula is C8H9N3O3S. The minimum atomic E-state index is -3.11. The minimum absolute atomic E-state index is 0.0387. The number of hydrogen-bond donors (Lipinski definition) is 2. The Balaban J connectivity index is 2.16. The van der Waals surface area contributed by atoms with Crippen LogP contribution in [0.5, 0.6) is 0 Å². The predicted octanol–water partition coefficient (Wildman–Crippen LogP) is -0.508. The average Bonchev–Trinajstić information content (AvgIpc) is 2.50. The zero-order valence-corrected chi connectivity index (χ0v) is 8.49. The van der Waals surface area contributed by atoms with Gasteiger partial charge in [-0.1, -0.05) is 0 Å². The molecule has 0 amide bonds. The lowest BCUT2D eigenvalue weighted by Gasteiger charge is -2.08. The Morgan fingerprint density at radius 3 is 2.93 bits per heavy atom. The van der Waals surface area contributed by atoms with Crippen molar-refractivity contribution < 1.29 is 8.42 Å². The monoisotopic (exact) mass is 227 g/mol.